The molecule has 7 nitrogen and oxygen atoms in total. The number of hydrogen-bond donors (Lipinski definition) is 1. The molecule has 0 bridgehead atoms. The second kappa shape index (κ2) is 7.87. The van der Waals surface area contributed by atoms with Crippen molar-refractivity contribution in [2.24, 2.45) is 10.9 Å². The van der Waals surface area contributed by atoms with Crippen molar-refractivity contribution in [3.63, 3.8) is 0 Å². The third-order valence-electron chi connectivity index (χ3n) is 3.50. The number of hydrogen-bond acceptors (Lipinski definition) is 5. The Hall–Kier alpha value is -3.22. The Balaban J connectivity index is 2.08. The van der Waals surface area contributed by atoms with Gasteiger partial charge in [0.05, 0.1) is 10.8 Å². The first-order chi connectivity index (χ1) is 11.5. The van der Waals surface area contributed by atoms with Crippen LogP contribution in [0.3, 0.4) is 0 Å². The van der Waals surface area contributed by atoms with Crippen molar-refractivity contribution >= 4 is 17.5 Å². The predicted octanol–water partition coefficient (Wildman–Crippen LogP) is 2.95. The van der Waals surface area contributed by atoms with Gasteiger partial charge < -0.3 is 10.6 Å². The quantitative estimate of drug-likeness (QED) is 0.288. The normalized spacial score (nSPS) is 12.5. The Labute approximate surface area is 138 Å². The summed E-state index contributed by atoms with van der Waals surface area (Å²) in [5.74, 6) is -0.964. The predicted molar refractivity (Wildman–Crippen MR) is 89.4 cm³/mol. The minimum Gasteiger partial charge on any atom is -0.380 e. The summed E-state index contributed by atoms with van der Waals surface area (Å²) >= 11 is 0. The number of carbonyl (C=O) groups excluding carboxylic acids is 1. The number of oxime groups is 1. The van der Waals surface area contributed by atoms with Crippen LogP contribution in [0.5, 0.6) is 0 Å². The van der Waals surface area contributed by atoms with Crippen LogP contribution in [0.4, 0.5) is 5.69 Å². The van der Waals surface area contributed by atoms with Gasteiger partial charge in [-0.2, -0.15) is 0 Å². The van der Waals surface area contributed by atoms with Gasteiger partial charge in [0.15, 0.2) is 5.84 Å². The lowest BCUT2D eigenvalue weighted by molar-refractivity contribution is -0.384. The molecule has 0 unspecified atom stereocenters. The van der Waals surface area contributed by atoms with E-state index in [1.165, 1.54) is 24.3 Å². The Morgan fingerprint density at radius 2 is 1.83 bits per heavy atom. The van der Waals surface area contributed by atoms with Gasteiger partial charge in [0, 0.05) is 17.7 Å². The molecule has 0 aliphatic rings. The lowest BCUT2D eigenvalue weighted by Crippen LogP contribution is -2.18. The van der Waals surface area contributed by atoms with Crippen LogP contribution in [-0.2, 0) is 9.63 Å². The fourth-order valence-corrected chi connectivity index (χ4v) is 2.19. The molecule has 0 aliphatic heterocycles. The molecular weight excluding hydrogens is 310 g/mol. The second-order valence-corrected chi connectivity index (χ2v) is 5.06. The van der Waals surface area contributed by atoms with Crippen molar-refractivity contribution in [1.82, 2.24) is 0 Å². The van der Waals surface area contributed by atoms with E-state index in [9.17, 15) is 14.9 Å². The summed E-state index contributed by atoms with van der Waals surface area (Å²) in [6.45, 7) is 1.88. The average Bonchev–Trinajstić information content (AvgIpc) is 2.61. The van der Waals surface area contributed by atoms with Crippen LogP contribution in [0.25, 0.3) is 0 Å². The highest BCUT2D eigenvalue weighted by Crippen LogP contribution is 2.21. The number of amidine groups is 1. The molecule has 2 aromatic rings. The van der Waals surface area contributed by atoms with E-state index in [2.05, 4.69) is 5.16 Å². The van der Waals surface area contributed by atoms with Crippen molar-refractivity contribution < 1.29 is 14.6 Å². The zero-order chi connectivity index (χ0) is 17.5. The van der Waals surface area contributed by atoms with Crippen LogP contribution >= 0.6 is 0 Å². The third kappa shape index (κ3) is 4.16. The summed E-state index contributed by atoms with van der Waals surface area (Å²) in [6.07, 6.45) is 0.565. The molecule has 0 radical (unpaired) electrons. The Kier molecular flexibility index (Phi) is 5.62. The van der Waals surface area contributed by atoms with Crippen LogP contribution < -0.4 is 5.73 Å². The number of benzene rings is 2. The molecule has 0 aliphatic carbocycles. The standard InChI is InChI=1S/C17H17N3O4/c1-2-15(12-6-4-3-5-7-12)17(21)24-19-16(18)13-8-10-14(11-9-13)20(22)23/h3-11,15H,2H2,1H3,(H2,18,19)/t15-/m0/s1. The van der Waals surface area contributed by atoms with E-state index < -0.39 is 16.8 Å². The van der Waals surface area contributed by atoms with Crippen LogP contribution in [0.2, 0.25) is 0 Å². The van der Waals surface area contributed by atoms with Crippen molar-refractivity contribution in [3.05, 3.63) is 75.8 Å². The van der Waals surface area contributed by atoms with Crippen LogP contribution in [0, 0.1) is 10.1 Å². The van der Waals surface area contributed by atoms with Gasteiger partial charge in [0.2, 0.25) is 0 Å². The van der Waals surface area contributed by atoms with Gasteiger partial charge in [-0.25, -0.2) is 4.79 Å². The Bertz CT molecular complexity index is 742. The largest absolute Gasteiger partial charge is 0.380 e. The average molecular weight is 327 g/mol. The topological polar surface area (TPSA) is 108 Å². The molecule has 0 saturated carbocycles. The highest BCUT2D eigenvalue weighted by molar-refractivity contribution is 5.97. The molecule has 0 aromatic heterocycles. The smallest absolute Gasteiger partial charge is 0.342 e. The molecular formula is C17H17N3O4. The summed E-state index contributed by atoms with van der Waals surface area (Å²) in [6, 6.07) is 14.7. The SMILES string of the molecule is CC[C@H](C(=O)O/N=C(/N)c1ccc([N+](=O)[O-])cc1)c1ccccc1. The summed E-state index contributed by atoms with van der Waals surface area (Å²) in [4.78, 5) is 27.2. The Morgan fingerprint density at radius 3 is 2.38 bits per heavy atom. The number of non-ortho nitro benzene ring substituents is 1. The summed E-state index contributed by atoms with van der Waals surface area (Å²) in [7, 11) is 0. The molecule has 0 fully saturated rings. The molecule has 0 amide bonds. The lowest BCUT2D eigenvalue weighted by Gasteiger charge is -2.11. The zero-order valence-corrected chi connectivity index (χ0v) is 13.1. The molecule has 2 N–H and O–H groups in total. The van der Waals surface area contributed by atoms with Crippen LogP contribution in [0.15, 0.2) is 59.8 Å². The van der Waals surface area contributed by atoms with Gasteiger partial charge in [-0.05, 0) is 24.1 Å². The maximum absolute atomic E-state index is 12.2. The molecule has 7 heteroatoms. The first-order valence-corrected chi connectivity index (χ1v) is 7.37. The second-order valence-electron chi connectivity index (χ2n) is 5.06. The zero-order valence-electron chi connectivity index (χ0n) is 13.1. The van der Waals surface area contributed by atoms with Crippen molar-refractivity contribution in [1.29, 1.82) is 0 Å². The fourth-order valence-electron chi connectivity index (χ4n) is 2.19. The van der Waals surface area contributed by atoms with E-state index in [1.807, 2.05) is 37.3 Å². The minimum absolute atomic E-state index is 0.0267. The van der Waals surface area contributed by atoms with E-state index in [4.69, 9.17) is 10.6 Å². The van der Waals surface area contributed by atoms with E-state index >= 15 is 0 Å². The molecule has 24 heavy (non-hydrogen) atoms. The van der Waals surface area contributed by atoms with Crippen molar-refractivity contribution in [2.45, 2.75) is 19.3 Å². The van der Waals surface area contributed by atoms with E-state index in [0.29, 0.717) is 12.0 Å². The molecule has 0 saturated heterocycles. The number of nitro groups is 1. The van der Waals surface area contributed by atoms with E-state index in [-0.39, 0.29) is 11.5 Å². The Morgan fingerprint density at radius 1 is 1.21 bits per heavy atom. The maximum atomic E-state index is 12.2. The monoisotopic (exact) mass is 327 g/mol. The van der Waals surface area contributed by atoms with Crippen molar-refractivity contribution in [2.75, 3.05) is 0 Å². The highest BCUT2D eigenvalue weighted by Gasteiger charge is 2.20. The molecule has 1 atom stereocenters. The van der Waals surface area contributed by atoms with E-state index in [1.54, 1.807) is 0 Å². The molecule has 2 aromatic carbocycles. The number of carbonyl (C=O) groups is 1. The van der Waals surface area contributed by atoms with Gasteiger partial charge >= 0.3 is 5.97 Å². The molecule has 2 rings (SSSR count). The van der Waals surface area contributed by atoms with Crippen LogP contribution in [-0.4, -0.2) is 16.7 Å². The summed E-state index contributed by atoms with van der Waals surface area (Å²) in [5, 5.41) is 14.3. The van der Waals surface area contributed by atoms with Gasteiger partial charge in [0.25, 0.3) is 5.69 Å². The van der Waals surface area contributed by atoms with E-state index in [0.717, 1.165) is 5.56 Å². The number of nitrogens with zero attached hydrogens (tertiary/aromatic N) is 2. The molecule has 124 valence electrons. The first-order valence-electron chi connectivity index (χ1n) is 7.37. The van der Waals surface area contributed by atoms with Gasteiger partial charge in [-0.1, -0.05) is 42.4 Å². The fraction of sp³-hybridized carbons (Fsp3) is 0.176. The number of nitrogens with two attached hydrogens (primary N) is 1. The van der Waals surface area contributed by atoms with Gasteiger partial charge in [-0.3, -0.25) is 10.1 Å². The number of nitro benzene ring substituents is 1. The minimum atomic E-state index is -0.511. The number of rotatable bonds is 6. The van der Waals surface area contributed by atoms with Gasteiger partial charge in [0.1, 0.15) is 0 Å². The third-order valence-corrected chi connectivity index (χ3v) is 3.50. The first kappa shape index (κ1) is 17.1. The van der Waals surface area contributed by atoms with Gasteiger partial charge in [-0.15, -0.1) is 0 Å². The summed E-state index contributed by atoms with van der Waals surface area (Å²) in [5.41, 5.74) is 6.97. The van der Waals surface area contributed by atoms with Crippen LogP contribution in [0.1, 0.15) is 30.4 Å². The lowest BCUT2D eigenvalue weighted by atomic mass is 9.97. The summed E-state index contributed by atoms with van der Waals surface area (Å²) < 4.78 is 0. The maximum Gasteiger partial charge on any atom is 0.342 e. The van der Waals surface area contributed by atoms with Crippen molar-refractivity contribution in [3.8, 4) is 0 Å². The highest BCUT2D eigenvalue weighted by atomic mass is 16.7. The molecule has 0 heterocycles. The molecule has 0 spiro atoms.